The number of allylic oxidation sites excluding steroid dienone is 2. The van der Waals surface area contributed by atoms with Crippen molar-refractivity contribution < 1.29 is 28.7 Å². The molecular weight excluding hydrogens is 310 g/mol. The van der Waals surface area contributed by atoms with E-state index in [4.69, 9.17) is 9.47 Å². The van der Waals surface area contributed by atoms with Crippen LogP contribution in [0.25, 0.3) is 5.76 Å². The van der Waals surface area contributed by atoms with Gasteiger partial charge < -0.3 is 14.6 Å². The van der Waals surface area contributed by atoms with Crippen LogP contribution in [0.2, 0.25) is 0 Å². The summed E-state index contributed by atoms with van der Waals surface area (Å²) in [6.45, 7) is 5.41. The fourth-order valence-corrected chi connectivity index (χ4v) is 2.38. The normalized spacial score (nSPS) is 15.0. The maximum atomic E-state index is 12.4. The second-order valence-electron chi connectivity index (χ2n) is 5.01. The average Bonchev–Trinajstić information content (AvgIpc) is 2.86. The summed E-state index contributed by atoms with van der Waals surface area (Å²) in [5.41, 5.74) is 1.03. The zero-order valence-electron chi connectivity index (χ0n) is 13.7. The topological polar surface area (TPSA) is 78.7 Å². The van der Waals surface area contributed by atoms with Crippen LogP contribution in [-0.2, 0) is 19.1 Å². The van der Waals surface area contributed by atoms with Crippen LogP contribution in [0.3, 0.4) is 0 Å². The molecule has 1 aliphatic rings. The Labute approximate surface area is 139 Å². The summed E-state index contributed by atoms with van der Waals surface area (Å²) < 4.78 is 10.8. The number of hydrogen-bond acceptors (Lipinski definition) is 5. The molecule has 124 valence electrons. The first-order valence-corrected chi connectivity index (χ1v) is 7.09. The van der Waals surface area contributed by atoms with Crippen molar-refractivity contribution in [1.82, 2.24) is 0 Å². The Morgan fingerprint density at radius 3 is 2.17 bits per heavy atom. The highest BCUT2D eigenvalue weighted by molar-refractivity contribution is 6.08. The number of benzene rings is 1. The number of ether oxygens (including phenoxy) is 2. The van der Waals surface area contributed by atoms with Crippen molar-refractivity contribution in [3.05, 3.63) is 64.5 Å². The number of methoxy groups -OCH3 is 2. The zero-order valence-corrected chi connectivity index (χ0v) is 13.7. The molecule has 0 aromatic heterocycles. The predicted octanol–water partition coefficient (Wildman–Crippen LogP) is 0.989. The summed E-state index contributed by atoms with van der Waals surface area (Å²) in [6, 6.07) is 8.57. The molecule has 0 N–H and O–H groups in total. The van der Waals surface area contributed by atoms with Gasteiger partial charge in [-0.15, -0.1) is 0 Å². The number of esters is 2. The third kappa shape index (κ3) is 2.99. The second-order valence-corrected chi connectivity index (χ2v) is 5.01. The molecule has 6 nitrogen and oxygen atoms in total. The van der Waals surface area contributed by atoms with Crippen LogP contribution in [-0.4, -0.2) is 37.5 Å². The SMILES string of the molecule is C=[N+]1C(C)=C(C(=O)OC)C(C(=O)OC)=C1/C=C(\[O-])c1ccccc1. The molecular formula is C18H17NO5. The molecule has 0 aliphatic carbocycles. The van der Waals surface area contributed by atoms with Crippen LogP contribution in [0, 0.1) is 0 Å². The average molecular weight is 327 g/mol. The number of carbonyl (C=O) groups excluding carboxylic acids is 2. The van der Waals surface area contributed by atoms with Gasteiger partial charge in [0.1, 0.15) is 12.3 Å². The molecule has 0 atom stereocenters. The van der Waals surface area contributed by atoms with Crippen LogP contribution in [0.5, 0.6) is 0 Å². The van der Waals surface area contributed by atoms with E-state index < -0.39 is 11.9 Å². The first-order valence-electron chi connectivity index (χ1n) is 7.09. The lowest BCUT2D eigenvalue weighted by atomic mass is 10.0. The Balaban J connectivity index is 2.62. The van der Waals surface area contributed by atoms with Gasteiger partial charge in [0.25, 0.3) is 0 Å². The number of rotatable bonds is 4. The first-order chi connectivity index (χ1) is 11.4. The van der Waals surface area contributed by atoms with E-state index in [1.165, 1.54) is 24.9 Å². The molecule has 0 bridgehead atoms. The number of hydrogen-bond donors (Lipinski definition) is 0. The second kappa shape index (κ2) is 6.95. The van der Waals surface area contributed by atoms with Crippen LogP contribution in [0.1, 0.15) is 12.5 Å². The number of carbonyl (C=O) groups is 2. The maximum Gasteiger partial charge on any atom is 0.345 e. The maximum absolute atomic E-state index is 12.4. The van der Waals surface area contributed by atoms with Crippen molar-refractivity contribution in [2.45, 2.75) is 6.92 Å². The fourth-order valence-electron chi connectivity index (χ4n) is 2.38. The van der Waals surface area contributed by atoms with Crippen molar-refractivity contribution in [2.75, 3.05) is 14.2 Å². The van der Waals surface area contributed by atoms with E-state index in [-0.39, 0.29) is 22.6 Å². The molecule has 0 saturated heterocycles. The van der Waals surface area contributed by atoms with Crippen molar-refractivity contribution in [3.63, 3.8) is 0 Å². The Bertz CT molecular complexity index is 800. The lowest BCUT2D eigenvalue weighted by Crippen LogP contribution is -2.15. The van der Waals surface area contributed by atoms with Crippen molar-refractivity contribution in [2.24, 2.45) is 0 Å². The molecule has 6 heteroatoms. The van der Waals surface area contributed by atoms with Crippen LogP contribution >= 0.6 is 0 Å². The highest BCUT2D eigenvalue weighted by Crippen LogP contribution is 2.32. The summed E-state index contributed by atoms with van der Waals surface area (Å²) in [4.78, 5) is 24.2. The minimum atomic E-state index is -0.743. The van der Waals surface area contributed by atoms with Gasteiger partial charge >= 0.3 is 11.9 Å². The van der Waals surface area contributed by atoms with Gasteiger partial charge in [0, 0.05) is 13.0 Å². The molecule has 0 fully saturated rings. The quantitative estimate of drug-likeness (QED) is 0.468. The smallest absolute Gasteiger partial charge is 0.345 e. The summed E-state index contributed by atoms with van der Waals surface area (Å²) >= 11 is 0. The first kappa shape index (κ1) is 17.2. The minimum Gasteiger partial charge on any atom is -0.872 e. The molecule has 0 amide bonds. The molecule has 0 spiro atoms. The van der Waals surface area contributed by atoms with Gasteiger partial charge in [-0.1, -0.05) is 36.1 Å². The van der Waals surface area contributed by atoms with Crippen LogP contribution in [0.4, 0.5) is 0 Å². The van der Waals surface area contributed by atoms with Crippen molar-refractivity contribution in [1.29, 1.82) is 0 Å². The summed E-state index contributed by atoms with van der Waals surface area (Å²) in [6.07, 6.45) is 1.26. The Morgan fingerprint density at radius 2 is 1.62 bits per heavy atom. The molecule has 2 rings (SSSR count). The Morgan fingerprint density at radius 1 is 1.08 bits per heavy atom. The number of nitrogens with zero attached hydrogens (tertiary/aromatic N) is 1. The monoisotopic (exact) mass is 327 g/mol. The van der Waals surface area contributed by atoms with Gasteiger partial charge in [0.15, 0.2) is 11.3 Å². The van der Waals surface area contributed by atoms with E-state index in [0.717, 1.165) is 0 Å². The van der Waals surface area contributed by atoms with Gasteiger partial charge in [0.05, 0.1) is 14.2 Å². The van der Waals surface area contributed by atoms with E-state index in [1.54, 1.807) is 37.3 Å². The van der Waals surface area contributed by atoms with E-state index >= 15 is 0 Å². The summed E-state index contributed by atoms with van der Waals surface area (Å²) in [7, 11) is 2.41. The third-order valence-corrected chi connectivity index (χ3v) is 3.67. The molecule has 0 unspecified atom stereocenters. The largest absolute Gasteiger partial charge is 0.872 e. The summed E-state index contributed by atoms with van der Waals surface area (Å²) in [5, 5.41) is 12.4. The van der Waals surface area contributed by atoms with Gasteiger partial charge in [0.2, 0.25) is 5.70 Å². The molecule has 0 radical (unpaired) electrons. The van der Waals surface area contributed by atoms with E-state index in [0.29, 0.717) is 11.3 Å². The molecule has 1 aromatic rings. The molecule has 24 heavy (non-hydrogen) atoms. The summed E-state index contributed by atoms with van der Waals surface area (Å²) in [5.74, 6) is -1.76. The van der Waals surface area contributed by atoms with Gasteiger partial charge in [-0.05, 0) is 5.56 Å². The lowest BCUT2D eigenvalue weighted by molar-refractivity contribution is -0.403. The molecule has 0 saturated carbocycles. The minimum absolute atomic E-state index is 0.0338. The fraction of sp³-hybridized carbons (Fsp3) is 0.167. The van der Waals surface area contributed by atoms with E-state index in [9.17, 15) is 14.7 Å². The predicted molar refractivity (Wildman–Crippen MR) is 85.6 cm³/mol. The molecule has 1 aliphatic heterocycles. The Kier molecular flexibility index (Phi) is 4.99. The lowest BCUT2D eigenvalue weighted by Gasteiger charge is -2.11. The van der Waals surface area contributed by atoms with Crippen molar-refractivity contribution in [3.8, 4) is 0 Å². The van der Waals surface area contributed by atoms with Crippen molar-refractivity contribution >= 4 is 24.4 Å². The van der Waals surface area contributed by atoms with Crippen LogP contribution < -0.4 is 5.11 Å². The van der Waals surface area contributed by atoms with Gasteiger partial charge in [-0.3, -0.25) is 0 Å². The van der Waals surface area contributed by atoms with Gasteiger partial charge in [-0.2, -0.15) is 4.58 Å². The Hall–Kier alpha value is -3.15. The molecule has 1 aromatic carbocycles. The highest BCUT2D eigenvalue weighted by Gasteiger charge is 2.41. The van der Waals surface area contributed by atoms with Crippen LogP contribution in [0.15, 0.2) is 58.9 Å². The third-order valence-electron chi connectivity index (χ3n) is 3.67. The molecule has 1 heterocycles. The highest BCUT2D eigenvalue weighted by atomic mass is 16.5. The standard InChI is InChI=1S/C18H17NO5/c1-11-15(17(21)23-3)16(18(22)24-4)13(19(11)2)10-14(20)12-8-6-5-7-9-12/h5-10H,2H2,1,3-4H3. The zero-order chi connectivity index (χ0) is 17.9. The van der Waals surface area contributed by atoms with E-state index in [1.807, 2.05) is 0 Å². The van der Waals surface area contributed by atoms with Gasteiger partial charge in [-0.25, -0.2) is 9.59 Å². The van der Waals surface area contributed by atoms with E-state index in [2.05, 4.69) is 6.72 Å².